The monoisotopic (exact) mass is 366 g/mol. The summed E-state index contributed by atoms with van der Waals surface area (Å²) in [6.45, 7) is 4.18. The van der Waals surface area contributed by atoms with E-state index in [9.17, 15) is 4.79 Å². The van der Waals surface area contributed by atoms with Crippen molar-refractivity contribution in [2.45, 2.75) is 26.7 Å². The predicted octanol–water partition coefficient (Wildman–Crippen LogP) is 5.89. The molecule has 0 bridgehead atoms. The lowest BCUT2D eigenvalue weighted by Gasteiger charge is -2.27. The summed E-state index contributed by atoms with van der Waals surface area (Å²) in [5, 5.41) is 3.84. The third kappa shape index (κ3) is 3.13. The second-order valence-corrected chi connectivity index (χ2v) is 7.83. The number of anilines is 2. The lowest BCUT2D eigenvalue weighted by atomic mass is 9.76. The lowest BCUT2D eigenvalue weighted by Crippen LogP contribution is -2.26. The van der Waals surface area contributed by atoms with E-state index < -0.39 is 0 Å². The number of ketones is 1. The Kier molecular flexibility index (Phi) is 4.08. The second kappa shape index (κ2) is 6.29. The van der Waals surface area contributed by atoms with E-state index in [2.05, 4.69) is 24.1 Å². The maximum atomic E-state index is 12.9. The first kappa shape index (κ1) is 16.9. The summed E-state index contributed by atoms with van der Waals surface area (Å²) in [4.78, 5) is 17.2. The summed E-state index contributed by atoms with van der Waals surface area (Å²) in [5.74, 6) is 2.12. The van der Waals surface area contributed by atoms with Crippen LogP contribution in [0.1, 0.15) is 36.4 Å². The molecule has 1 aliphatic carbocycles. The van der Waals surface area contributed by atoms with Crippen molar-refractivity contribution < 1.29 is 9.21 Å². The highest BCUT2D eigenvalue weighted by molar-refractivity contribution is 6.30. The molecule has 0 atom stereocenters. The number of pyridine rings is 1. The minimum absolute atomic E-state index is 0.0960. The maximum Gasteiger partial charge on any atom is 0.169 e. The Bertz CT molecular complexity index is 960. The smallest absolute Gasteiger partial charge is 0.169 e. The fourth-order valence-electron chi connectivity index (χ4n) is 3.41. The average molecular weight is 367 g/mol. The van der Waals surface area contributed by atoms with Crippen LogP contribution in [0.25, 0.3) is 11.3 Å². The van der Waals surface area contributed by atoms with Gasteiger partial charge < -0.3 is 9.73 Å². The third-order valence-electron chi connectivity index (χ3n) is 4.55. The Morgan fingerprint density at radius 2 is 1.88 bits per heavy atom. The van der Waals surface area contributed by atoms with Crippen molar-refractivity contribution in [3.63, 3.8) is 0 Å². The lowest BCUT2D eigenvalue weighted by molar-refractivity contribution is 0.0905. The van der Waals surface area contributed by atoms with Gasteiger partial charge in [-0.05, 0) is 17.5 Å². The topological polar surface area (TPSA) is 55.1 Å². The van der Waals surface area contributed by atoms with E-state index in [1.54, 1.807) is 18.3 Å². The van der Waals surface area contributed by atoms with Crippen LogP contribution in [-0.4, -0.2) is 10.8 Å². The predicted molar refractivity (Wildman–Crippen MR) is 103 cm³/mol. The molecule has 0 amide bonds. The molecule has 1 aliphatic rings. The van der Waals surface area contributed by atoms with Gasteiger partial charge in [-0.25, -0.2) is 4.98 Å². The minimum Gasteiger partial charge on any atom is -0.458 e. The van der Waals surface area contributed by atoms with Crippen LogP contribution in [0.3, 0.4) is 0 Å². The molecule has 3 aromatic rings. The molecule has 0 radical (unpaired) electrons. The quantitative estimate of drug-likeness (QED) is 0.627. The fraction of sp³-hybridized carbons (Fsp3) is 0.238. The first-order valence-electron chi connectivity index (χ1n) is 8.56. The number of carbonyl (C=O) groups excluding carboxylic acids is 1. The summed E-state index contributed by atoms with van der Waals surface area (Å²) < 4.78 is 6.19. The third-order valence-corrected chi connectivity index (χ3v) is 4.78. The van der Waals surface area contributed by atoms with Crippen molar-refractivity contribution in [1.82, 2.24) is 4.98 Å². The zero-order chi connectivity index (χ0) is 18.3. The van der Waals surface area contributed by atoms with Crippen molar-refractivity contribution >= 4 is 28.9 Å². The second-order valence-electron chi connectivity index (χ2n) is 7.40. The highest BCUT2D eigenvalue weighted by atomic mass is 35.5. The molecule has 4 rings (SSSR count). The molecule has 0 aliphatic heterocycles. The van der Waals surface area contributed by atoms with E-state index in [1.165, 1.54) is 0 Å². The summed E-state index contributed by atoms with van der Waals surface area (Å²) in [6.07, 6.45) is 2.80. The number of nitrogens with one attached hydrogen (secondary N) is 1. The average Bonchev–Trinajstić information content (AvgIpc) is 2.95. The molecule has 2 heterocycles. The molecule has 0 saturated heterocycles. The SMILES string of the molecule is CC1(C)CC(=O)c2c(oc(-c3ccccc3)c2Nc2ccc(Cl)cn2)C1. The molecule has 0 spiro atoms. The van der Waals surface area contributed by atoms with Crippen molar-refractivity contribution in [3.8, 4) is 11.3 Å². The molecule has 1 aromatic carbocycles. The molecular formula is C21H19ClN2O2. The molecule has 26 heavy (non-hydrogen) atoms. The first-order valence-corrected chi connectivity index (χ1v) is 8.94. The molecular weight excluding hydrogens is 348 g/mol. The van der Waals surface area contributed by atoms with E-state index in [0.717, 1.165) is 17.7 Å². The fourth-order valence-corrected chi connectivity index (χ4v) is 3.52. The Labute approximate surface area is 157 Å². The van der Waals surface area contributed by atoms with Gasteiger partial charge in [0.1, 0.15) is 11.6 Å². The van der Waals surface area contributed by atoms with Crippen molar-refractivity contribution in [2.24, 2.45) is 5.41 Å². The zero-order valence-corrected chi connectivity index (χ0v) is 15.4. The van der Waals surface area contributed by atoms with Gasteiger partial charge >= 0.3 is 0 Å². The number of hydrogen-bond acceptors (Lipinski definition) is 4. The van der Waals surface area contributed by atoms with E-state index in [-0.39, 0.29) is 11.2 Å². The highest BCUT2D eigenvalue weighted by Gasteiger charge is 2.37. The van der Waals surface area contributed by atoms with Crippen LogP contribution >= 0.6 is 11.6 Å². The summed E-state index contributed by atoms with van der Waals surface area (Å²) in [7, 11) is 0. The Morgan fingerprint density at radius 3 is 2.58 bits per heavy atom. The molecule has 0 fully saturated rings. The molecule has 4 nitrogen and oxygen atoms in total. The minimum atomic E-state index is -0.105. The van der Waals surface area contributed by atoms with Crippen LogP contribution in [-0.2, 0) is 6.42 Å². The number of hydrogen-bond donors (Lipinski definition) is 1. The number of nitrogens with zero attached hydrogens (tertiary/aromatic N) is 1. The van der Waals surface area contributed by atoms with Crippen LogP contribution in [0.5, 0.6) is 0 Å². The van der Waals surface area contributed by atoms with Crippen LogP contribution in [0.15, 0.2) is 53.1 Å². The number of benzene rings is 1. The van der Waals surface area contributed by atoms with Crippen molar-refractivity contribution in [3.05, 3.63) is 65.0 Å². The van der Waals surface area contributed by atoms with Gasteiger partial charge in [-0.15, -0.1) is 0 Å². The van der Waals surface area contributed by atoms with Gasteiger partial charge in [-0.1, -0.05) is 55.8 Å². The number of furan rings is 1. The van der Waals surface area contributed by atoms with E-state index >= 15 is 0 Å². The van der Waals surface area contributed by atoms with Crippen LogP contribution in [0.4, 0.5) is 11.5 Å². The van der Waals surface area contributed by atoms with Crippen LogP contribution in [0, 0.1) is 5.41 Å². The van der Waals surface area contributed by atoms with Gasteiger partial charge in [0.25, 0.3) is 0 Å². The number of carbonyl (C=O) groups is 1. The Morgan fingerprint density at radius 1 is 1.12 bits per heavy atom. The van der Waals surface area contributed by atoms with Gasteiger partial charge in [0, 0.05) is 24.6 Å². The highest BCUT2D eigenvalue weighted by Crippen LogP contribution is 2.45. The molecule has 0 unspecified atom stereocenters. The number of halogens is 1. The van der Waals surface area contributed by atoms with Crippen molar-refractivity contribution in [1.29, 1.82) is 0 Å². The Balaban J connectivity index is 1.86. The molecule has 132 valence electrons. The zero-order valence-electron chi connectivity index (χ0n) is 14.7. The van der Waals surface area contributed by atoms with Crippen LogP contribution < -0.4 is 5.32 Å². The summed E-state index contributed by atoms with van der Waals surface area (Å²) >= 11 is 5.93. The van der Waals surface area contributed by atoms with E-state index in [0.29, 0.717) is 34.3 Å². The molecule has 2 aromatic heterocycles. The molecule has 5 heteroatoms. The standard InChI is InChI=1S/C21H19ClN2O2/c1-21(2)10-15(25)18-16(11-21)26-20(13-6-4-3-5-7-13)19(18)24-17-9-8-14(22)12-23-17/h3-9,12H,10-11H2,1-2H3,(H,23,24). The van der Waals surface area contributed by atoms with Crippen molar-refractivity contribution in [2.75, 3.05) is 5.32 Å². The van der Waals surface area contributed by atoms with Crippen LogP contribution in [0.2, 0.25) is 5.02 Å². The van der Waals surface area contributed by atoms with E-state index in [1.807, 2.05) is 30.3 Å². The van der Waals surface area contributed by atoms with Gasteiger partial charge in [0.2, 0.25) is 0 Å². The van der Waals surface area contributed by atoms with Gasteiger partial charge in [-0.3, -0.25) is 4.79 Å². The molecule has 1 N–H and O–H groups in total. The number of Topliss-reactive ketones (excluding diaryl/α,β-unsaturated/α-hetero) is 1. The largest absolute Gasteiger partial charge is 0.458 e. The number of rotatable bonds is 3. The maximum absolute atomic E-state index is 12.9. The van der Waals surface area contributed by atoms with E-state index in [4.69, 9.17) is 16.0 Å². The normalized spacial score (nSPS) is 15.6. The van der Waals surface area contributed by atoms with Gasteiger partial charge in [-0.2, -0.15) is 0 Å². The van der Waals surface area contributed by atoms with Gasteiger partial charge in [0.05, 0.1) is 16.3 Å². The van der Waals surface area contributed by atoms with Gasteiger partial charge in [0.15, 0.2) is 11.5 Å². The summed E-state index contributed by atoms with van der Waals surface area (Å²) in [6, 6.07) is 13.3. The number of aromatic nitrogens is 1. The molecule has 0 saturated carbocycles. The summed E-state index contributed by atoms with van der Waals surface area (Å²) in [5.41, 5.74) is 2.14. The first-order chi connectivity index (χ1) is 12.4. The number of fused-ring (bicyclic) bond motifs is 1. The Hall–Kier alpha value is -2.59.